The first-order valence-corrected chi connectivity index (χ1v) is 5.27. The van der Waals surface area contributed by atoms with Crippen molar-refractivity contribution >= 4 is 0 Å². The molecule has 1 fully saturated rings. The van der Waals surface area contributed by atoms with Gasteiger partial charge in [-0.15, -0.1) is 0 Å². The monoisotopic (exact) mass is 253 g/mol. The number of nitrogens with one attached hydrogen (secondary N) is 1. The second-order valence-electron chi connectivity index (χ2n) is 3.84. The van der Waals surface area contributed by atoms with Crippen LogP contribution in [-0.2, 0) is 4.74 Å². The number of hydrogen-bond acceptors (Lipinski definition) is 5. The fourth-order valence-corrected chi connectivity index (χ4v) is 1.89. The fraction of sp³-hybridized carbons (Fsp3) is 0.556. The largest absolute Gasteiger partial charge is 0.394 e. The van der Waals surface area contributed by atoms with Crippen LogP contribution in [0.4, 0.5) is 0 Å². The molecule has 9 heteroatoms. The van der Waals surface area contributed by atoms with Crippen LogP contribution in [0.2, 0.25) is 0 Å². The Kier molecular flexibility index (Phi) is 3.47. The van der Waals surface area contributed by atoms with Crippen LogP contribution in [0.25, 0.3) is 10.4 Å². The SMILES string of the molecule is [N-]=[N+]=NC1C[C@@H](n2ccc(=O)[nH]c2=O)O[C@H]1CO. The normalized spacial score (nSPS) is 26.8. The quantitative estimate of drug-likeness (QED) is 0.426. The molecule has 0 amide bonds. The third-order valence-electron chi connectivity index (χ3n) is 2.75. The molecule has 9 nitrogen and oxygen atoms in total. The third-order valence-corrected chi connectivity index (χ3v) is 2.75. The third kappa shape index (κ3) is 2.28. The Hall–Kier alpha value is -2.09. The number of aliphatic hydroxyl groups is 1. The summed E-state index contributed by atoms with van der Waals surface area (Å²) in [7, 11) is 0. The van der Waals surface area contributed by atoms with Gasteiger partial charge in [0, 0.05) is 23.6 Å². The van der Waals surface area contributed by atoms with Gasteiger partial charge in [-0.2, -0.15) is 0 Å². The lowest BCUT2D eigenvalue weighted by atomic mass is 10.1. The van der Waals surface area contributed by atoms with E-state index in [4.69, 9.17) is 15.4 Å². The van der Waals surface area contributed by atoms with Crippen molar-refractivity contribution in [3.05, 3.63) is 43.5 Å². The zero-order valence-electron chi connectivity index (χ0n) is 9.26. The van der Waals surface area contributed by atoms with Crippen LogP contribution in [-0.4, -0.2) is 33.4 Å². The van der Waals surface area contributed by atoms with E-state index < -0.39 is 29.6 Å². The van der Waals surface area contributed by atoms with Crippen molar-refractivity contribution in [1.82, 2.24) is 9.55 Å². The molecule has 2 rings (SSSR count). The minimum absolute atomic E-state index is 0.265. The number of aromatic nitrogens is 2. The maximum Gasteiger partial charge on any atom is 0.330 e. The first-order chi connectivity index (χ1) is 8.65. The van der Waals surface area contributed by atoms with E-state index in [1.807, 2.05) is 0 Å². The number of aliphatic hydroxyl groups excluding tert-OH is 1. The number of hydrogen-bond donors (Lipinski definition) is 2. The lowest BCUT2D eigenvalue weighted by molar-refractivity contribution is -0.0270. The summed E-state index contributed by atoms with van der Waals surface area (Å²) < 4.78 is 6.60. The molecule has 1 aliphatic heterocycles. The maximum atomic E-state index is 11.5. The highest BCUT2D eigenvalue weighted by Crippen LogP contribution is 2.29. The van der Waals surface area contributed by atoms with Gasteiger partial charge in [0.15, 0.2) is 0 Å². The summed E-state index contributed by atoms with van der Waals surface area (Å²) in [5.74, 6) is 0. The summed E-state index contributed by atoms with van der Waals surface area (Å²) in [6.45, 7) is -0.307. The van der Waals surface area contributed by atoms with Crippen molar-refractivity contribution in [2.75, 3.05) is 6.61 Å². The minimum Gasteiger partial charge on any atom is -0.394 e. The zero-order chi connectivity index (χ0) is 13.1. The van der Waals surface area contributed by atoms with Gasteiger partial charge < -0.3 is 9.84 Å². The molecule has 0 aliphatic carbocycles. The van der Waals surface area contributed by atoms with E-state index in [1.54, 1.807) is 0 Å². The average molecular weight is 253 g/mol. The molecule has 1 aliphatic rings. The Morgan fingerprint density at radius 1 is 1.67 bits per heavy atom. The Bertz CT molecular complexity index is 587. The van der Waals surface area contributed by atoms with Gasteiger partial charge in [0.1, 0.15) is 6.23 Å². The Morgan fingerprint density at radius 3 is 3.06 bits per heavy atom. The van der Waals surface area contributed by atoms with Gasteiger partial charge in [-0.3, -0.25) is 14.3 Å². The van der Waals surface area contributed by atoms with E-state index in [0.29, 0.717) is 0 Å². The van der Waals surface area contributed by atoms with Gasteiger partial charge in [0.2, 0.25) is 0 Å². The van der Waals surface area contributed by atoms with Crippen LogP contribution in [0.1, 0.15) is 12.6 Å². The predicted octanol–water partition coefficient (Wildman–Crippen LogP) is -0.505. The van der Waals surface area contributed by atoms with Crippen LogP contribution >= 0.6 is 0 Å². The van der Waals surface area contributed by atoms with Crippen molar-refractivity contribution in [2.24, 2.45) is 5.11 Å². The molecule has 1 unspecified atom stereocenters. The minimum atomic E-state index is -0.665. The van der Waals surface area contributed by atoms with E-state index in [0.717, 1.165) is 0 Å². The van der Waals surface area contributed by atoms with Gasteiger partial charge in [-0.05, 0) is 5.53 Å². The van der Waals surface area contributed by atoms with Crippen LogP contribution in [0, 0.1) is 0 Å². The molecule has 1 saturated heterocycles. The second kappa shape index (κ2) is 5.05. The van der Waals surface area contributed by atoms with Crippen LogP contribution < -0.4 is 11.2 Å². The summed E-state index contributed by atoms with van der Waals surface area (Å²) in [5, 5.41) is 12.6. The van der Waals surface area contributed by atoms with Gasteiger partial charge in [0.05, 0.1) is 18.8 Å². The van der Waals surface area contributed by atoms with Crippen LogP contribution in [0.15, 0.2) is 27.0 Å². The molecule has 1 aromatic heterocycles. The molecule has 1 aromatic rings. The number of ether oxygens (including phenoxy) is 1. The van der Waals surface area contributed by atoms with Gasteiger partial charge >= 0.3 is 5.69 Å². The van der Waals surface area contributed by atoms with Crippen molar-refractivity contribution in [1.29, 1.82) is 0 Å². The van der Waals surface area contributed by atoms with E-state index in [1.165, 1.54) is 16.8 Å². The Morgan fingerprint density at radius 2 is 2.44 bits per heavy atom. The fourth-order valence-electron chi connectivity index (χ4n) is 1.89. The molecular formula is C9H11N5O4. The average Bonchev–Trinajstić information content (AvgIpc) is 2.72. The maximum absolute atomic E-state index is 11.5. The lowest BCUT2D eigenvalue weighted by Crippen LogP contribution is -2.31. The highest BCUT2D eigenvalue weighted by Gasteiger charge is 2.35. The predicted molar refractivity (Wildman–Crippen MR) is 59.9 cm³/mol. The molecule has 0 bridgehead atoms. The molecule has 0 aromatic carbocycles. The van der Waals surface area contributed by atoms with Crippen molar-refractivity contribution in [2.45, 2.75) is 24.8 Å². The Balaban J connectivity index is 2.28. The van der Waals surface area contributed by atoms with Gasteiger partial charge in [-0.1, -0.05) is 5.11 Å². The number of rotatable bonds is 3. The standard InChI is InChI=1S/C9H11N5O4/c10-13-12-5-3-8(18-6(5)4-15)14-2-1-7(16)11-9(14)17/h1-2,5-6,8,15H,3-4H2,(H,11,16,17)/t5?,6-,8-/m0/s1. The lowest BCUT2D eigenvalue weighted by Gasteiger charge is -2.13. The number of nitrogens with zero attached hydrogens (tertiary/aromatic N) is 4. The highest BCUT2D eigenvalue weighted by atomic mass is 16.5. The summed E-state index contributed by atoms with van der Waals surface area (Å²) in [5.41, 5.74) is 7.29. The van der Waals surface area contributed by atoms with Crippen LogP contribution in [0.5, 0.6) is 0 Å². The molecule has 0 radical (unpaired) electrons. The topological polar surface area (TPSA) is 133 Å². The summed E-state index contributed by atoms with van der Waals surface area (Å²) in [6.07, 6.45) is 0.256. The molecule has 0 saturated carbocycles. The van der Waals surface area contributed by atoms with E-state index in [-0.39, 0.29) is 13.0 Å². The van der Waals surface area contributed by atoms with E-state index in [9.17, 15) is 9.59 Å². The molecule has 2 heterocycles. The molecule has 0 spiro atoms. The highest BCUT2D eigenvalue weighted by molar-refractivity contribution is 4.90. The van der Waals surface area contributed by atoms with Crippen molar-refractivity contribution in [3.8, 4) is 0 Å². The van der Waals surface area contributed by atoms with E-state index >= 15 is 0 Å². The number of aromatic amines is 1. The molecule has 2 N–H and O–H groups in total. The summed E-state index contributed by atoms with van der Waals surface area (Å²) in [4.78, 5) is 27.2. The van der Waals surface area contributed by atoms with Crippen molar-refractivity contribution < 1.29 is 9.84 Å². The van der Waals surface area contributed by atoms with Gasteiger partial charge in [0.25, 0.3) is 5.56 Å². The number of azide groups is 1. The van der Waals surface area contributed by atoms with Gasteiger partial charge in [-0.25, -0.2) is 4.79 Å². The second-order valence-corrected chi connectivity index (χ2v) is 3.84. The van der Waals surface area contributed by atoms with E-state index in [2.05, 4.69) is 15.0 Å². The molecular weight excluding hydrogens is 242 g/mol. The molecule has 18 heavy (non-hydrogen) atoms. The first kappa shape index (κ1) is 12.4. The first-order valence-electron chi connectivity index (χ1n) is 5.27. The number of H-pyrrole nitrogens is 1. The smallest absolute Gasteiger partial charge is 0.330 e. The zero-order valence-corrected chi connectivity index (χ0v) is 9.26. The Labute approximate surface area is 100 Å². The van der Waals surface area contributed by atoms with Crippen LogP contribution in [0.3, 0.4) is 0 Å². The van der Waals surface area contributed by atoms with Crippen molar-refractivity contribution in [3.63, 3.8) is 0 Å². The summed E-state index contributed by atoms with van der Waals surface area (Å²) >= 11 is 0. The molecule has 96 valence electrons. The molecule has 3 atom stereocenters. The summed E-state index contributed by atoms with van der Waals surface area (Å²) in [6, 6.07) is 0.656.